The Labute approximate surface area is 203 Å². The lowest BCUT2D eigenvalue weighted by atomic mass is 9.84. The van der Waals surface area contributed by atoms with Crippen molar-refractivity contribution in [3.8, 4) is 17.3 Å². The molecule has 11 heteroatoms. The lowest BCUT2D eigenvalue weighted by Crippen LogP contribution is -2.48. The average molecular weight is 482 g/mol. The van der Waals surface area contributed by atoms with E-state index in [1.54, 1.807) is 0 Å². The van der Waals surface area contributed by atoms with Crippen LogP contribution in [0, 0.1) is 5.41 Å². The fraction of sp³-hybridized carbons (Fsp3) is 0.542. The third kappa shape index (κ3) is 4.36. The van der Waals surface area contributed by atoms with Gasteiger partial charge in [-0.3, -0.25) is 0 Å². The van der Waals surface area contributed by atoms with Crippen molar-refractivity contribution in [2.24, 2.45) is 12.5 Å². The summed E-state index contributed by atoms with van der Waals surface area (Å²) in [5.41, 5.74) is 1.75. The van der Waals surface area contributed by atoms with Gasteiger partial charge in [-0.2, -0.15) is 4.98 Å². The first-order chi connectivity index (χ1) is 16.7. The molecule has 2 fully saturated rings. The Morgan fingerprint density at radius 1 is 1.14 bits per heavy atom. The van der Waals surface area contributed by atoms with Crippen LogP contribution in [0.4, 0.5) is 10.6 Å². The van der Waals surface area contributed by atoms with Crippen LogP contribution in [0.25, 0.3) is 22.6 Å². The molecular weight excluding hydrogens is 450 g/mol. The SMILES string of the molecule is Cn1c(-c2ccc(N3CCOCC3)nc2)nc2c(OC3CCN(C(=O)O)C3C(C)(C)C)ncnc21. The minimum Gasteiger partial charge on any atom is -0.470 e. The van der Waals surface area contributed by atoms with Gasteiger partial charge in [0.1, 0.15) is 24.1 Å². The van der Waals surface area contributed by atoms with E-state index in [-0.39, 0.29) is 17.6 Å². The molecule has 1 N–H and O–H groups in total. The minimum atomic E-state index is -0.933. The average Bonchev–Trinajstić information content (AvgIpc) is 3.42. The van der Waals surface area contributed by atoms with Gasteiger partial charge in [0.2, 0.25) is 5.88 Å². The molecule has 2 aliphatic heterocycles. The zero-order chi connectivity index (χ0) is 24.7. The first-order valence-electron chi connectivity index (χ1n) is 11.9. The topological polar surface area (TPSA) is 119 Å². The number of anilines is 1. The van der Waals surface area contributed by atoms with Crippen molar-refractivity contribution in [1.29, 1.82) is 0 Å². The zero-order valence-electron chi connectivity index (χ0n) is 20.5. The summed E-state index contributed by atoms with van der Waals surface area (Å²) in [7, 11) is 1.90. The van der Waals surface area contributed by atoms with Crippen LogP contribution in [0.1, 0.15) is 27.2 Å². The van der Waals surface area contributed by atoms with E-state index in [9.17, 15) is 9.90 Å². The number of pyridine rings is 1. The highest BCUT2D eigenvalue weighted by molar-refractivity contribution is 5.81. The second kappa shape index (κ2) is 8.95. The number of carbonyl (C=O) groups is 1. The number of ether oxygens (including phenoxy) is 2. The summed E-state index contributed by atoms with van der Waals surface area (Å²) in [6.45, 7) is 9.56. The number of hydrogen-bond donors (Lipinski definition) is 1. The summed E-state index contributed by atoms with van der Waals surface area (Å²) in [6, 6.07) is 3.70. The molecule has 0 bridgehead atoms. The molecule has 2 saturated heterocycles. The van der Waals surface area contributed by atoms with E-state index in [0.717, 1.165) is 24.5 Å². The smallest absolute Gasteiger partial charge is 0.407 e. The molecule has 35 heavy (non-hydrogen) atoms. The number of fused-ring (bicyclic) bond motifs is 1. The maximum atomic E-state index is 11.8. The molecule has 1 amide bonds. The molecule has 0 spiro atoms. The number of nitrogens with zero attached hydrogens (tertiary/aromatic N) is 7. The number of likely N-dealkylation sites (tertiary alicyclic amines) is 1. The van der Waals surface area contributed by atoms with Crippen molar-refractivity contribution >= 4 is 23.1 Å². The van der Waals surface area contributed by atoms with E-state index >= 15 is 0 Å². The molecule has 0 aromatic carbocycles. The van der Waals surface area contributed by atoms with E-state index in [2.05, 4.69) is 19.9 Å². The second-order valence-electron chi connectivity index (χ2n) is 10.1. The van der Waals surface area contributed by atoms with Crippen molar-refractivity contribution in [2.75, 3.05) is 37.7 Å². The fourth-order valence-electron chi connectivity index (χ4n) is 5.09. The molecule has 2 unspecified atom stereocenters. The van der Waals surface area contributed by atoms with Gasteiger partial charge in [0, 0.05) is 44.9 Å². The Morgan fingerprint density at radius 2 is 1.91 bits per heavy atom. The van der Waals surface area contributed by atoms with Gasteiger partial charge in [-0.1, -0.05) is 20.8 Å². The molecule has 3 aromatic heterocycles. The Hall–Kier alpha value is -3.47. The quantitative estimate of drug-likeness (QED) is 0.600. The van der Waals surface area contributed by atoms with Gasteiger partial charge in [-0.15, -0.1) is 0 Å². The minimum absolute atomic E-state index is 0.297. The molecule has 2 aliphatic rings. The number of carboxylic acid groups (broad SMARTS) is 1. The van der Waals surface area contributed by atoms with Crippen molar-refractivity contribution in [1.82, 2.24) is 29.4 Å². The van der Waals surface area contributed by atoms with Crippen molar-refractivity contribution in [3.63, 3.8) is 0 Å². The third-order valence-corrected chi connectivity index (χ3v) is 6.70. The molecular formula is C24H31N7O4. The van der Waals surface area contributed by atoms with Gasteiger partial charge in [0.15, 0.2) is 11.2 Å². The van der Waals surface area contributed by atoms with Gasteiger partial charge in [0.25, 0.3) is 0 Å². The zero-order valence-corrected chi connectivity index (χ0v) is 20.5. The maximum Gasteiger partial charge on any atom is 0.407 e. The highest BCUT2D eigenvalue weighted by Crippen LogP contribution is 2.36. The fourth-order valence-corrected chi connectivity index (χ4v) is 5.09. The predicted molar refractivity (Wildman–Crippen MR) is 130 cm³/mol. The van der Waals surface area contributed by atoms with Crippen molar-refractivity contribution in [3.05, 3.63) is 24.7 Å². The lowest BCUT2D eigenvalue weighted by molar-refractivity contribution is 0.0558. The largest absolute Gasteiger partial charge is 0.470 e. The van der Waals surface area contributed by atoms with E-state index in [0.29, 0.717) is 49.0 Å². The number of aryl methyl sites for hydroxylation is 1. The number of rotatable bonds is 4. The van der Waals surface area contributed by atoms with Crippen LogP contribution in [0.2, 0.25) is 0 Å². The molecule has 0 saturated carbocycles. The lowest BCUT2D eigenvalue weighted by Gasteiger charge is -2.36. The van der Waals surface area contributed by atoms with Crippen molar-refractivity contribution in [2.45, 2.75) is 39.3 Å². The second-order valence-corrected chi connectivity index (χ2v) is 10.1. The molecule has 11 nitrogen and oxygen atoms in total. The maximum absolute atomic E-state index is 11.8. The first kappa shape index (κ1) is 23.3. The van der Waals surface area contributed by atoms with Crippen LogP contribution in [0.5, 0.6) is 5.88 Å². The van der Waals surface area contributed by atoms with Gasteiger partial charge in [-0.05, 0) is 17.5 Å². The summed E-state index contributed by atoms with van der Waals surface area (Å²) in [5.74, 6) is 1.98. The van der Waals surface area contributed by atoms with Gasteiger partial charge in [-0.25, -0.2) is 19.7 Å². The van der Waals surface area contributed by atoms with E-state index in [1.165, 1.54) is 11.2 Å². The Bertz CT molecular complexity index is 1220. The van der Waals surface area contributed by atoms with Crippen LogP contribution >= 0.6 is 0 Å². The molecule has 0 aliphatic carbocycles. The summed E-state index contributed by atoms with van der Waals surface area (Å²) >= 11 is 0. The van der Waals surface area contributed by atoms with Crippen LogP contribution < -0.4 is 9.64 Å². The molecule has 186 valence electrons. The monoisotopic (exact) mass is 481 g/mol. The first-order valence-corrected chi connectivity index (χ1v) is 11.9. The molecule has 5 heterocycles. The standard InChI is InChI=1S/C24H31N7O4/c1-24(2,3)19-16(7-8-31(19)23(32)33)35-22-18-21(26-14-27-22)29(4)20(28-18)15-5-6-17(25-13-15)30-9-11-34-12-10-30/h5-6,13-14,16,19H,7-12H2,1-4H3,(H,32,33). The number of aromatic nitrogens is 5. The van der Waals surface area contributed by atoms with Gasteiger partial charge >= 0.3 is 6.09 Å². The molecule has 0 radical (unpaired) electrons. The van der Waals surface area contributed by atoms with E-state index in [4.69, 9.17) is 14.5 Å². The molecule has 5 rings (SSSR count). The van der Waals surface area contributed by atoms with E-state index < -0.39 is 6.09 Å². The van der Waals surface area contributed by atoms with Crippen LogP contribution in [0.15, 0.2) is 24.7 Å². The molecule has 3 aromatic rings. The summed E-state index contributed by atoms with van der Waals surface area (Å²) in [5, 5.41) is 9.69. The Morgan fingerprint density at radius 3 is 2.57 bits per heavy atom. The molecule has 2 atom stereocenters. The Balaban J connectivity index is 1.44. The highest BCUT2D eigenvalue weighted by Gasteiger charge is 2.45. The number of hydrogen-bond acceptors (Lipinski definition) is 8. The van der Waals surface area contributed by atoms with Crippen LogP contribution in [-0.4, -0.2) is 85.6 Å². The number of morpholine rings is 1. The third-order valence-electron chi connectivity index (χ3n) is 6.70. The number of amides is 1. The van der Waals surface area contributed by atoms with Gasteiger partial charge < -0.3 is 28.9 Å². The van der Waals surface area contributed by atoms with Crippen LogP contribution in [-0.2, 0) is 11.8 Å². The normalized spacial score (nSPS) is 21.0. The van der Waals surface area contributed by atoms with Crippen LogP contribution in [0.3, 0.4) is 0 Å². The number of imidazole rings is 1. The Kier molecular flexibility index (Phi) is 5.96. The summed E-state index contributed by atoms with van der Waals surface area (Å²) < 4.78 is 13.7. The van der Waals surface area contributed by atoms with Gasteiger partial charge in [0.05, 0.1) is 19.3 Å². The van der Waals surface area contributed by atoms with Crippen molar-refractivity contribution < 1.29 is 19.4 Å². The predicted octanol–water partition coefficient (Wildman–Crippen LogP) is 2.81. The summed E-state index contributed by atoms with van der Waals surface area (Å²) in [4.78, 5) is 33.7. The highest BCUT2D eigenvalue weighted by atomic mass is 16.5. The summed E-state index contributed by atoms with van der Waals surface area (Å²) in [6.07, 6.45) is 2.60. The van der Waals surface area contributed by atoms with E-state index in [1.807, 2.05) is 50.7 Å².